The molecule has 0 bridgehead atoms. The van der Waals surface area contributed by atoms with Gasteiger partial charge in [0, 0.05) is 12.0 Å². The molecule has 1 saturated carbocycles. The van der Waals surface area contributed by atoms with Gasteiger partial charge in [-0.1, -0.05) is 43.3 Å². The first-order valence-corrected chi connectivity index (χ1v) is 10.4. The first-order valence-electron chi connectivity index (χ1n) is 10.4. The van der Waals surface area contributed by atoms with E-state index in [1.165, 1.54) is 12.1 Å². The van der Waals surface area contributed by atoms with Crippen molar-refractivity contribution in [2.24, 2.45) is 5.41 Å². The molecule has 0 aliphatic heterocycles. The van der Waals surface area contributed by atoms with Gasteiger partial charge in [-0.2, -0.15) is 5.10 Å². The molecule has 5 rings (SSSR count). The highest BCUT2D eigenvalue weighted by Crippen LogP contribution is 2.48. The largest absolute Gasteiger partial charge is 0.354 e. The minimum atomic E-state index is -0.353. The highest BCUT2D eigenvalue weighted by Gasteiger charge is 2.51. The first kappa shape index (κ1) is 18.8. The van der Waals surface area contributed by atoms with Crippen LogP contribution in [0.2, 0.25) is 0 Å². The fourth-order valence-electron chi connectivity index (χ4n) is 4.37. The van der Waals surface area contributed by atoms with E-state index >= 15 is 0 Å². The Morgan fingerprint density at radius 2 is 1.87 bits per heavy atom. The summed E-state index contributed by atoms with van der Waals surface area (Å²) in [5.41, 5.74) is 3.55. The average molecular weight is 401 g/mol. The highest BCUT2D eigenvalue weighted by molar-refractivity contribution is 5.91. The van der Waals surface area contributed by atoms with Crippen LogP contribution in [-0.4, -0.2) is 22.2 Å². The van der Waals surface area contributed by atoms with E-state index < -0.39 is 0 Å². The normalized spacial score (nSPS) is 21.1. The smallest absolute Gasteiger partial charge is 0.230 e. The van der Waals surface area contributed by atoms with Crippen molar-refractivity contribution in [3.8, 4) is 5.69 Å². The zero-order chi connectivity index (χ0) is 20.8. The number of halogens is 1. The van der Waals surface area contributed by atoms with Gasteiger partial charge in [-0.3, -0.25) is 4.79 Å². The molecule has 1 atom stereocenters. The lowest BCUT2D eigenvalue weighted by Gasteiger charge is -2.30. The lowest BCUT2D eigenvalue weighted by atomic mass is 9.79. The fourth-order valence-corrected chi connectivity index (χ4v) is 4.37. The minimum absolute atomic E-state index is 0.121. The Morgan fingerprint density at radius 1 is 1.13 bits per heavy atom. The Labute approximate surface area is 175 Å². The predicted molar refractivity (Wildman–Crippen MR) is 115 cm³/mol. The molecule has 30 heavy (non-hydrogen) atoms. The Kier molecular flexibility index (Phi) is 4.35. The van der Waals surface area contributed by atoms with Crippen LogP contribution in [-0.2, 0) is 16.6 Å². The number of hydrogen-bond acceptors (Lipinski definition) is 2. The molecule has 0 saturated heterocycles. The van der Waals surface area contributed by atoms with Gasteiger partial charge in [-0.05, 0) is 60.7 Å². The summed E-state index contributed by atoms with van der Waals surface area (Å²) in [5, 5.41) is 7.71. The standard InChI is InChI=1S/C25H24FN3O/c1-24(17-27-23(30)25(13-14-25)19-5-3-2-4-6-19)12-11-22-18(15-24)16-28-29(22)21-9-7-20(26)8-10-21/h2-12,16H,13-15,17H2,1H3,(H,27,30)/t24-/m1/s1. The van der Waals surface area contributed by atoms with Crippen molar-refractivity contribution >= 4 is 12.0 Å². The number of benzene rings is 2. The number of aromatic nitrogens is 2. The van der Waals surface area contributed by atoms with Gasteiger partial charge in [0.15, 0.2) is 0 Å². The van der Waals surface area contributed by atoms with E-state index in [1.807, 2.05) is 41.2 Å². The summed E-state index contributed by atoms with van der Waals surface area (Å²) in [6.07, 6.45) is 8.69. The van der Waals surface area contributed by atoms with Gasteiger partial charge in [-0.15, -0.1) is 0 Å². The Bertz CT molecular complexity index is 1110. The van der Waals surface area contributed by atoms with Gasteiger partial charge >= 0.3 is 0 Å². The fraction of sp³-hybridized carbons (Fsp3) is 0.280. The third-order valence-corrected chi connectivity index (χ3v) is 6.36. The van der Waals surface area contributed by atoms with Crippen LogP contribution in [0.5, 0.6) is 0 Å². The molecule has 4 nitrogen and oxygen atoms in total. The first-order chi connectivity index (χ1) is 14.5. The van der Waals surface area contributed by atoms with Crippen LogP contribution in [0.1, 0.15) is 36.6 Å². The molecule has 1 amide bonds. The molecular weight excluding hydrogens is 377 g/mol. The van der Waals surface area contributed by atoms with Crippen LogP contribution in [0.4, 0.5) is 4.39 Å². The third kappa shape index (κ3) is 3.24. The molecule has 0 radical (unpaired) electrons. The van der Waals surface area contributed by atoms with Gasteiger partial charge in [0.25, 0.3) is 0 Å². The zero-order valence-corrected chi connectivity index (χ0v) is 16.9. The Morgan fingerprint density at radius 3 is 2.57 bits per heavy atom. The van der Waals surface area contributed by atoms with E-state index in [4.69, 9.17) is 0 Å². The van der Waals surface area contributed by atoms with E-state index in [0.717, 1.165) is 41.8 Å². The molecule has 5 heteroatoms. The van der Waals surface area contributed by atoms with E-state index in [9.17, 15) is 9.18 Å². The number of rotatable bonds is 5. The molecule has 1 N–H and O–H groups in total. The molecule has 2 aromatic carbocycles. The molecule has 2 aliphatic carbocycles. The minimum Gasteiger partial charge on any atom is -0.354 e. The van der Waals surface area contributed by atoms with Crippen LogP contribution >= 0.6 is 0 Å². The van der Waals surface area contributed by atoms with Gasteiger partial charge in [0.1, 0.15) is 5.82 Å². The summed E-state index contributed by atoms with van der Waals surface area (Å²) in [6.45, 7) is 2.74. The van der Waals surface area contributed by atoms with Crippen molar-refractivity contribution in [2.45, 2.75) is 31.6 Å². The maximum absolute atomic E-state index is 13.2. The number of hydrogen-bond donors (Lipinski definition) is 1. The van der Waals surface area contributed by atoms with Gasteiger partial charge in [0.05, 0.1) is 23.0 Å². The summed E-state index contributed by atoms with van der Waals surface area (Å²) in [4.78, 5) is 13.0. The van der Waals surface area contributed by atoms with Crippen molar-refractivity contribution < 1.29 is 9.18 Å². The highest BCUT2D eigenvalue weighted by atomic mass is 19.1. The summed E-state index contributed by atoms with van der Waals surface area (Å²) in [6, 6.07) is 16.4. The van der Waals surface area contributed by atoms with Crippen molar-refractivity contribution in [3.05, 3.63) is 89.5 Å². The van der Waals surface area contributed by atoms with E-state index in [1.54, 1.807) is 12.1 Å². The molecule has 152 valence electrons. The Balaban J connectivity index is 1.30. The van der Waals surface area contributed by atoms with Crippen molar-refractivity contribution in [2.75, 3.05) is 6.54 Å². The zero-order valence-electron chi connectivity index (χ0n) is 16.9. The number of carbonyl (C=O) groups is 1. The molecule has 1 heterocycles. The van der Waals surface area contributed by atoms with Gasteiger partial charge < -0.3 is 5.32 Å². The molecule has 2 aliphatic rings. The Hall–Kier alpha value is -3.21. The van der Waals surface area contributed by atoms with Gasteiger partial charge in [0.2, 0.25) is 5.91 Å². The van der Waals surface area contributed by atoms with Crippen LogP contribution in [0.25, 0.3) is 11.8 Å². The van der Waals surface area contributed by atoms with Crippen molar-refractivity contribution in [1.82, 2.24) is 15.1 Å². The number of nitrogens with zero attached hydrogens (tertiary/aromatic N) is 2. The number of fused-ring (bicyclic) bond motifs is 1. The topological polar surface area (TPSA) is 46.9 Å². The van der Waals surface area contributed by atoms with Crippen molar-refractivity contribution in [3.63, 3.8) is 0 Å². The maximum atomic E-state index is 13.2. The van der Waals surface area contributed by atoms with Crippen LogP contribution in [0.15, 0.2) is 66.9 Å². The lowest BCUT2D eigenvalue weighted by Crippen LogP contribution is -2.41. The average Bonchev–Trinajstić information content (AvgIpc) is 3.48. The van der Waals surface area contributed by atoms with Crippen LogP contribution in [0.3, 0.4) is 0 Å². The monoisotopic (exact) mass is 401 g/mol. The molecule has 1 aromatic heterocycles. The van der Waals surface area contributed by atoms with Crippen LogP contribution < -0.4 is 5.32 Å². The molecule has 3 aromatic rings. The summed E-state index contributed by atoms with van der Waals surface area (Å²) >= 11 is 0. The second-order valence-corrected chi connectivity index (χ2v) is 8.74. The summed E-state index contributed by atoms with van der Waals surface area (Å²) in [7, 11) is 0. The number of carbonyl (C=O) groups excluding carboxylic acids is 1. The maximum Gasteiger partial charge on any atom is 0.230 e. The molecule has 1 fully saturated rings. The summed E-state index contributed by atoms with van der Waals surface area (Å²) < 4.78 is 15.1. The second-order valence-electron chi connectivity index (χ2n) is 8.74. The molecule has 0 spiro atoms. The van der Waals surface area contributed by atoms with E-state index in [2.05, 4.69) is 29.5 Å². The molecule has 0 unspecified atom stereocenters. The number of amides is 1. The SMILES string of the molecule is C[C@@]1(CNC(=O)C2(c3ccccc3)CC2)C=Cc2c(cnn2-c2ccc(F)cc2)C1. The van der Waals surface area contributed by atoms with E-state index in [-0.39, 0.29) is 22.6 Å². The second kappa shape index (κ2) is 6.94. The van der Waals surface area contributed by atoms with Crippen LogP contribution in [0, 0.1) is 11.2 Å². The van der Waals surface area contributed by atoms with Gasteiger partial charge in [-0.25, -0.2) is 9.07 Å². The quantitative estimate of drug-likeness (QED) is 0.687. The molecular formula is C25H24FN3O. The lowest BCUT2D eigenvalue weighted by molar-refractivity contribution is -0.123. The number of nitrogens with one attached hydrogen (secondary N) is 1. The van der Waals surface area contributed by atoms with Crippen molar-refractivity contribution in [1.29, 1.82) is 0 Å². The predicted octanol–water partition coefficient (Wildman–Crippen LogP) is 4.44. The van der Waals surface area contributed by atoms with E-state index in [0.29, 0.717) is 6.54 Å². The third-order valence-electron chi connectivity index (χ3n) is 6.36. The summed E-state index contributed by atoms with van der Waals surface area (Å²) in [5.74, 6) is -0.140.